The number of aromatic nitrogens is 8. The van der Waals surface area contributed by atoms with Crippen molar-refractivity contribution in [3.8, 4) is 0 Å². The molecule has 212 valence electrons. The highest BCUT2D eigenvalue weighted by Crippen LogP contribution is 2.37. The Morgan fingerprint density at radius 2 is 1.62 bits per heavy atom. The van der Waals surface area contributed by atoms with Gasteiger partial charge in [-0.2, -0.15) is 4.98 Å². The Labute approximate surface area is 230 Å². The normalized spacial score (nSPS) is 35.5. The largest absolute Gasteiger partial charge is 0.390 e. The predicted molar refractivity (Wildman–Crippen MR) is 143 cm³/mol. The van der Waals surface area contributed by atoms with Crippen LogP contribution in [0.2, 0.25) is 0 Å². The fraction of sp³-hybridized carbons (Fsp3) is 0.615. The van der Waals surface area contributed by atoms with Crippen molar-refractivity contribution in [2.24, 2.45) is 16.8 Å². The van der Waals surface area contributed by atoms with Crippen LogP contribution in [-0.4, -0.2) is 103 Å². The van der Waals surface area contributed by atoms with Gasteiger partial charge in [-0.1, -0.05) is 13.8 Å². The third kappa shape index (κ3) is 4.00. The standard InChI is InChI=1S/C26H34N10O4/c1-12-5-16(21(39)19(12)37)35-10-30-15-7-27-26(33-24(15)35)34-4-3-14(8-34)32-23-18-25(29-9-28-23)36(11-31-18)17-6-13(2)20(38)22(17)40/h7,9-14,16-17,19-22,37-40H,3-6,8H2,1-2H3,(H,28,29,32)/t12-,13-,14+,16+,17+,19+,20+,21-,22-/m0/s1/i9T. The summed E-state index contributed by atoms with van der Waals surface area (Å²) in [4.78, 5) is 32.4. The Bertz CT molecular complexity index is 1670. The van der Waals surface area contributed by atoms with Crippen LogP contribution in [0, 0.1) is 11.8 Å². The van der Waals surface area contributed by atoms with E-state index in [1.807, 2.05) is 23.3 Å². The van der Waals surface area contributed by atoms with Crippen LogP contribution >= 0.6 is 0 Å². The molecule has 1 aliphatic heterocycles. The van der Waals surface area contributed by atoms with Gasteiger partial charge in [-0.25, -0.2) is 19.9 Å². The highest BCUT2D eigenvalue weighted by molar-refractivity contribution is 5.71. The molecule has 2 aliphatic carbocycles. The first kappa shape index (κ1) is 24.3. The van der Waals surface area contributed by atoms with Crippen molar-refractivity contribution in [2.45, 2.75) is 75.7 Å². The lowest BCUT2D eigenvalue weighted by atomic mass is 10.1. The molecule has 0 aromatic carbocycles. The summed E-state index contributed by atoms with van der Waals surface area (Å²) < 4.78 is 11.9. The SMILES string of the molecule is [3H]c1nc(=N[C@@H]2CCN(c3ncc4ncn([C@@H]5C[C@H](C)[C@@H](O)[C@H]5O)c4n3)C2)c2ncn([C@@H]3C[C@H](C)[C@@H](O)[C@H]3O)c2[nH]1. The zero-order valence-electron chi connectivity index (χ0n) is 23.3. The van der Waals surface area contributed by atoms with Crippen molar-refractivity contribution in [2.75, 3.05) is 18.0 Å². The van der Waals surface area contributed by atoms with Crippen LogP contribution in [0.5, 0.6) is 0 Å². The number of imidazole rings is 2. The number of fused-ring (bicyclic) bond motifs is 2. The summed E-state index contributed by atoms with van der Waals surface area (Å²) in [5.74, 6) is 0.446. The molecule has 40 heavy (non-hydrogen) atoms. The molecule has 14 heteroatoms. The number of aliphatic hydroxyl groups is 4. The van der Waals surface area contributed by atoms with Gasteiger partial charge in [0.25, 0.3) is 0 Å². The molecule has 0 unspecified atom stereocenters. The number of rotatable bonds is 4. The minimum Gasteiger partial charge on any atom is -0.390 e. The van der Waals surface area contributed by atoms with E-state index >= 15 is 0 Å². The lowest BCUT2D eigenvalue weighted by Gasteiger charge is -2.19. The van der Waals surface area contributed by atoms with Crippen LogP contribution in [0.1, 0.15) is 46.6 Å². The Morgan fingerprint density at radius 1 is 0.925 bits per heavy atom. The first-order chi connectivity index (χ1) is 19.7. The number of nitrogens with zero attached hydrogens (tertiary/aromatic N) is 9. The lowest BCUT2D eigenvalue weighted by Crippen LogP contribution is -2.29. The molecule has 1 saturated heterocycles. The first-order valence-corrected chi connectivity index (χ1v) is 13.8. The van der Waals surface area contributed by atoms with Crippen molar-refractivity contribution < 1.29 is 21.8 Å². The topological polar surface area (TPSA) is 187 Å². The van der Waals surface area contributed by atoms with Gasteiger partial charge < -0.3 is 39.4 Å². The highest BCUT2D eigenvalue weighted by Gasteiger charge is 2.42. The van der Waals surface area contributed by atoms with Crippen LogP contribution in [0.25, 0.3) is 22.3 Å². The average Bonchev–Trinajstić information content (AvgIpc) is 3.77. The van der Waals surface area contributed by atoms with Crippen molar-refractivity contribution in [1.29, 1.82) is 0 Å². The zero-order chi connectivity index (χ0) is 28.6. The lowest BCUT2D eigenvalue weighted by molar-refractivity contribution is 0.00964. The maximum atomic E-state index is 10.6. The molecule has 9 atom stereocenters. The first-order valence-electron chi connectivity index (χ1n) is 14.3. The number of hydrogen-bond acceptors (Lipinski definition) is 11. The van der Waals surface area contributed by atoms with E-state index in [0.29, 0.717) is 59.7 Å². The Hall–Kier alpha value is -3.46. The number of nitrogens with one attached hydrogen (secondary N) is 1. The summed E-state index contributed by atoms with van der Waals surface area (Å²) in [6.07, 6.45) is 3.38. The van der Waals surface area contributed by atoms with Gasteiger partial charge >= 0.3 is 0 Å². The third-order valence-electron chi connectivity index (χ3n) is 8.99. The van der Waals surface area contributed by atoms with E-state index in [4.69, 9.17) is 11.3 Å². The molecule has 4 aromatic rings. The highest BCUT2D eigenvalue weighted by atomic mass is 16.3. The smallest absolute Gasteiger partial charge is 0.227 e. The summed E-state index contributed by atoms with van der Waals surface area (Å²) in [7, 11) is 0. The average molecular weight is 553 g/mol. The zero-order valence-corrected chi connectivity index (χ0v) is 22.3. The third-order valence-corrected chi connectivity index (χ3v) is 8.99. The van der Waals surface area contributed by atoms with E-state index in [2.05, 4.69) is 24.9 Å². The van der Waals surface area contributed by atoms with Crippen LogP contribution < -0.4 is 10.4 Å². The van der Waals surface area contributed by atoms with E-state index in [1.165, 1.54) is 0 Å². The van der Waals surface area contributed by atoms with Crippen molar-refractivity contribution in [3.63, 3.8) is 0 Å². The molecular weight excluding hydrogens is 516 g/mol. The molecule has 5 heterocycles. The second-order valence-electron chi connectivity index (χ2n) is 11.6. The van der Waals surface area contributed by atoms with Crippen molar-refractivity contribution in [1.82, 2.24) is 39.0 Å². The molecule has 7 rings (SSSR count). The maximum Gasteiger partial charge on any atom is 0.227 e. The van der Waals surface area contributed by atoms with Crippen molar-refractivity contribution >= 4 is 28.3 Å². The maximum absolute atomic E-state index is 10.6. The molecule has 3 aliphatic rings. The molecule has 0 bridgehead atoms. The van der Waals surface area contributed by atoms with E-state index in [0.717, 1.165) is 6.42 Å². The summed E-state index contributed by atoms with van der Waals surface area (Å²) in [5, 5.41) is 41.7. The number of anilines is 1. The molecule has 14 nitrogen and oxygen atoms in total. The Balaban J connectivity index is 1.16. The van der Waals surface area contributed by atoms with E-state index in [-0.39, 0.29) is 36.3 Å². The van der Waals surface area contributed by atoms with Gasteiger partial charge in [0.1, 0.15) is 30.3 Å². The minimum absolute atomic E-state index is 0.0283. The second kappa shape index (κ2) is 9.58. The summed E-state index contributed by atoms with van der Waals surface area (Å²) >= 11 is 0. The van der Waals surface area contributed by atoms with Gasteiger partial charge in [0.05, 0.1) is 55.5 Å². The number of aliphatic hydroxyl groups excluding tert-OH is 4. The number of aromatic amines is 1. The second-order valence-corrected chi connectivity index (χ2v) is 11.6. The number of hydrogen-bond donors (Lipinski definition) is 5. The summed E-state index contributed by atoms with van der Waals surface area (Å²) in [5.41, 5.74) is 2.64. The molecule has 4 aromatic heterocycles. The van der Waals surface area contributed by atoms with Crippen LogP contribution in [0.4, 0.5) is 5.95 Å². The van der Waals surface area contributed by atoms with E-state index in [1.54, 1.807) is 23.4 Å². The summed E-state index contributed by atoms with van der Waals surface area (Å²) in [6.45, 7) is 5.04. The molecule has 5 N–H and O–H groups in total. The van der Waals surface area contributed by atoms with Gasteiger partial charge in [0.15, 0.2) is 11.1 Å². The Morgan fingerprint density at radius 3 is 2.33 bits per heavy atom. The monoisotopic (exact) mass is 552 g/mol. The van der Waals surface area contributed by atoms with Gasteiger partial charge in [0.2, 0.25) is 5.95 Å². The minimum atomic E-state index is -0.930. The Kier molecular flexibility index (Phi) is 5.83. The predicted octanol–water partition coefficient (Wildman–Crippen LogP) is -0.316. The molecule has 0 amide bonds. The quantitative estimate of drug-likeness (QED) is 0.225. The van der Waals surface area contributed by atoms with Gasteiger partial charge in [-0.05, 0) is 31.1 Å². The van der Waals surface area contributed by atoms with Gasteiger partial charge in [-0.3, -0.25) is 4.99 Å². The van der Waals surface area contributed by atoms with Gasteiger partial charge in [-0.15, -0.1) is 0 Å². The summed E-state index contributed by atoms with van der Waals surface area (Å²) in [6, 6.07) is -0.809. The molecule has 2 saturated carbocycles. The van der Waals surface area contributed by atoms with E-state index < -0.39 is 24.4 Å². The van der Waals surface area contributed by atoms with Crippen LogP contribution in [0.15, 0.2) is 30.1 Å². The molecule has 3 fully saturated rings. The van der Waals surface area contributed by atoms with Gasteiger partial charge in [0, 0.05) is 13.1 Å². The van der Waals surface area contributed by atoms with E-state index in [9.17, 15) is 20.4 Å². The molecule has 0 radical (unpaired) electrons. The fourth-order valence-electron chi connectivity index (χ4n) is 6.60. The molecule has 0 spiro atoms. The van der Waals surface area contributed by atoms with Crippen molar-refractivity contribution in [3.05, 3.63) is 30.6 Å². The number of H-pyrrole nitrogens is 1. The van der Waals surface area contributed by atoms with Crippen LogP contribution in [-0.2, 0) is 0 Å². The fourth-order valence-corrected chi connectivity index (χ4v) is 6.60. The van der Waals surface area contributed by atoms with Crippen LogP contribution in [0.3, 0.4) is 0 Å². The molecular formula is C26H34N10O4.